The average molecular weight is 308 g/mol. The first-order chi connectivity index (χ1) is 8.79. The molecule has 2 aromatic rings. The number of hydrogen-bond donors (Lipinski definition) is 1. The molecule has 0 unspecified atom stereocenters. The Morgan fingerprint density at radius 3 is 2.33 bits per heavy atom. The second kappa shape index (κ2) is 6.33. The van der Waals surface area contributed by atoms with Crippen molar-refractivity contribution >= 4 is 25.1 Å². The first-order valence-electron chi connectivity index (χ1n) is 5.44. The Bertz CT molecular complexity index is 525. The maximum atomic E-state index is 12.8. The molecule has 2 aromatic carbocycles. The Balaban J connectivity index is 2.03. The summed E-state index contributed by atoms with van der Waals surface area (Å²) in [6, 6.07) is 16.0. The monoisotopic (exact) mass is 309 g/mol. The fourth-order valence-corrected chi connectivity index (χ4v) is 3.28. The number of benzene rings is 2. The van der Waals surface area contributed by atoms with Gasteiger partial charge in [-0.1, -0.05) is 0 Å². The minimum atomic E-state index is -0.228. The van der Waals surface area contributed by atoms with Gasteiger partial charge in [0.15, 0.2) is 0 Å². The van der Waals surface area contributed by atoms with Crippen LogP contribution in [0.3, 0.4) is 0 Å². The van der Waals surface area contributed by atoms with Gasteiger partial charge < -0.3 is 0 Å². The predicted octanol–water partition coefficient (Wildman–Crippen LogP) is 2.45. The number of halogens is 1. The van der Waals surface area contributed by atoms with Gasteiger partial charge in [-0.3, -0.25) is 0 Å². The Morgan fingerprint density at radius 1 is 1.06 bits per heavy atom. The fraction of sp³-hybridized carbons (Fsp3) is 0.0714. The van der Waals surface area contributed by atoms with Crippen LogP contribution in [-0.4, -0.2) is 25.9 Å². The van der Waals surface area contributed by atoms with Gasteiger partial charge in [0.05, 0.1) is 0 Å². The molecule has 18 heavy (non-hydrogen) atoms. The molecule has 0 fully saturated rings. The van der Waals surface area contributed by atoms with Crippen LogP contribution in [-0.2, 0) is 0 Å². The molecule has 2 nitrogen and oxygen atoms in total. The molecule has 0 aliphatic heterocycles. The molecule has 0 aliphatic rings. The van der Waals surface area contributed by atoms with Gasteiger partial charge in [0.2, 0.25) is 0 Å². The molecule has 92 valence electrons. The number of rotatable bonds is 4. The molecule has 0 spiro atoms. The van der Waals surface area contributed by atoms with E-state index >= 15 is 0 Å². The van der Waals surface area contributed by atoms with Gasteiger partial charge in [-0.15, -0.1) is 0 Å². The maximum absolute atomic E-state index is 12.8. The molecule has 1 N–H and O–H groups in total. The summed E-state index contributed by atoms with van der Waals surface area (Å²) in [5.41, 5.74) is 1.59. The van der Waals surface area contributed by atoms with E-state index in [1.165, 1.54) is 12.1 Å². The third-order valence-electron chi connectivity index (χ3n) is 2.42. The molecule has 0 amide bonds. The van der Waals surface area contributed by atoms with E-state index in [0.717, 1.165) is 10.0 Å². The van der Waals surface area contributed by atoms with Gasteiger partial charge in [0.1, 0.15) is 0 Å². The first-order valence-corrected chi connectivity index (χ1v) is 7.51. The summed E-state index contributed by atoms with van der Waals surface area (Å²) in [5, 5.41) is 13.1. The van der Waals surface area contributed by atoms with Gasteiger partial charge in [-0.05, 0) is 0 Å². The fourth-order valence-electron chi connectivity index (χ4n) is 1.48. The molecule has 0 aromatic heterocycles. The molecule has 0 bridgehead atoms. The third-order valence-corrected chi connectivity index (χ3v) is 4.56. The molecule has 0 radical (unpaired) electrons. The van der Waals surface area contributed by atoms with E-state index in [4.69, 9.17) is 5.21 Å². The normalized spacial score (nSPS) is 11.5. The number of nitrogens with zero attached hydrogens (tertiary/aromatic N) is 1. The van der Waals surface area contributed by atoms with Crippen molar-refractivity contribution in [3.05, 3.63) is 66.0 Å². The van der Waals surface area contributed by atoms with Gasteiger partial charge >= 0.3 is 111 Å². The van der Waals surface area contributed by atoms with E-state index in [-0.39, 0.29) is 20.8 Å². The zero-order valence-electron chi connectivity index (χ0n) is 9.58. The quantitative estimate of drug-likeness (QED) is 0.400. The second-order valence-electron chi connectivity index (χ2n) is 3.66. The third kappa shape index (κ3) is 3.42. The average Bonchev–Trinajstić information content (AvgIpc) is 2.43. The van der Waals surface area contributed by atoms with Crippen LogP contribution in [0.4, 0.5) is 4.39 Å². The summed E-state index contributed by atoms with van der Waals surface area (Å²) in [5.74, 6) is -0.228. The Hall–Kier alpha value is -1.64. The standard InChI is InChI=1S/C14H12FNOSe/c15-12-6-8-13(9-7-12)18-10-14(16-17)11-4-2-1-3-5-11/h1-9,17H,10H2/b16-14+. The molecule has 4 heteroatoms. The topological polar surface area (TPSA) is 32.6 Å². The van der Waals surface area contributed by atoms with E-state index in [1.54, 1.807) is 12.1 Å². The van der Waals surface area contributed by atoms with E-state index in [1.807, 2.05) is 30.3 Å². The molecule has 0 saturated heterocycles. The molecule has 2 rings (SSSR count). The van der Waals surface area contributed by atoms with Crippen LogP contribution in [0.25, 0.3) is 0 Å². The van der Waals surface area contributed by atoms with Gasteiger partial charge in [0.25, 0.3) is 0 Å². The van der Waals surface area contributed by atoms with Crippen LogP contribution in [0.15, 0.2) is 59.8 Å². The van der Waals surface area contributed by atoms with Crippen molar-refractivity contribution in [3.63, 3.8) is 0 Å². The molecule has 0 atom stereocenters. The SMILES string of the molecule is O/N=C(\C[Se]c1ccc(F)cc1)c1ccccc1. The van der Waals surface area contributed by atoms with Crippen molar-refractivity contribution in [2.24, 2.45) is 5.16 Å². The molecule has 0 aliphatic carbocycles. The Labute approximate surface area is 111 Å². The van der Waals surface area contributed by atoms with E-state index < -0.39 is 0 Å². The van der Waals surface area contributed by atoms with Gasteiger partial charge in [-0.25, -0.2) is 0 Å². The summed E-state index contributed by atoms with van der Waals surface area (Å²) >= 11 is 0.130. The van der Waals surface area contributed by atoms with Gasteiger partial charge in [0, 0.05) is 0 Å². The Morgan fingerprint density at radius 2 is 1.72 bits per heavy atom. The van der Waals surface area contributed by atoms with Crippen molar-refractivity contribution in [2.75, 3.05) is 0 Å². The van der Waals surface area contributed by atoms with E-state index in [9.17, 15) is 4.39 Å². The zero-order chi connectivity index (χ0) is 12.8. The zero-order valence-corrected chi connectivity index (χ0v) is 11.3. The Kier molecular flexibility index (Phi) is 4.51. The van der Waals surface area contributed by atoms with Crippen molar-refractivity contribution in [1.82, 2.24) is 0 Å². The molecule has 0 saturated carbocycles. The predicted molar refractivity (Wildman–Crippen MR) is 71.4 cm³/mol. The van der Waals surface area contributed by atoms with Crippen molar-refractivity contribution in [2.45, 2.75) is 5.32 Å². The molecular formula is C14H12FNOSe. The molecular weight excluding hydrogens is 296 g/mol. The first kappa shape index (κ1) is 12.8. The van der Waals surface area contributed by atoms with Crippen LogP contribution >= 0.6 is 0 Å². The van der Waals surface area contributed by atoms with E-state index in [0.29, 0.717) is 11.0 Å². The molecule has 0 heterocycles. The second-order valence-corrected chi connectivity index (χ2v) is 5.86. The number of hydrogen-bond acceptors (Lipinski definition) is 2. The van der Waals surface area contributed by atoms with Crippen molar-refractivity contribution in [1.29, 1.82) is 0 Å². The van der Waals surface area contributed by atoms with Crippen LogP contribution in [0.2, 0.25) is 5.32 Å². The van der Waals surface area contributed by atoms with Crippen LogP contribution in [0.1, 0.15) is 5.56 Å². The summed E-state index contributed by atoms with van der Waals surface area (Å²) < 4.78 is 13.8. The van der Waals surface area contributed by atoms with Gasteiger partial charge in [-0.2, -0.15) is 0 Å². The summed E-state index contributed by atoms with van der Waals surface area (Å²) in [6.07, 6.45) is 0. The van der Waals surface area contributed by atoms with Crippen LogP contribution < -0.4 is 4.46 Å². The van der Waals surface area contributed by atoms with Crippen molar-refractivity contribution < 1.29 is 9.60 Å². The van der Waals surface area contributed by atoms with E-state index in [2.05, 4.69) is 5.16 Å². The van der Waals surface area contributed by atoms with Crippen LogP contribution in [0.5, 0.6) is 0 Å². The summed E-state index contributed by atoms with van der Waals surface area (Å²) in [4.78, 5) is 0. The summed E-state index contributed by atoms with van der Waals surface area (Å²) in [7, 11) is 0. The minimum absolute atomic E-state index is 0.130. The van der Waals surface area contributed by atoms with Crippen molar-refractivity contribution in [3.8, 4) is 0 Å². The summed E-state index contributed by atoms with van der Waals surface area (Å²) in [6.45, 7) is 0. The number of oxime groups is 1. The van der Waals surface area contributed by atoms with Crippen LogP contribution in [0, 0.1) is 5.82 Å².